The fourth-order valence-corrected chi connectivity index (χ4v) is 5.98. The smallest absolute Gasteiger partial charge is 0.266 e. The van der Waals surface area contributed by atoms with Crippen LogP contribution >= 0.6 is 0 Å². The van der Waals surface area contributed by atoms with E-state index in [1.165, 1.54) is 27.2 Å². The van der Waals surface area contributed by atoms with Crippen LogP contribution in [-0.4, -0.2) is 15.5 Å². The number of nitrogens with zero attached hydrogens (tertiary/aromatic N) is 3. The Balaban J connectivity index is 1.55. The van der Waals surface area contributed by atoms with Crippen molar-refractivity contribution in [2.45, 2.75) is 78.2 Å². The van der Waals surface area contributed by atoms with E-state index < -0.39 is 27.8 Å². The molecule has 0 spiro atoms. The molecule has 0 saturated carbocycles. The molecule has 8 nitrogen and oxygen atoms in total. The Kier molecular flexibility index (Phi) is 7.59. The molecule has 0 aliphatic rings. The normalized spacial score (nSPS) is 12.3. The summed E-state index contributed by atoms with van der Waals surface area (Å²) >= 11 is 0. The zero-order chi connectivity index (χ0) is 31.3. The van der Waals surface area contributed by atoms with E-state index in [0.29, 0.717) is 29.9 Å². The molecule has 2 heterocycles. The number of amides is 1. The van der Waals surface area contributed by atoms with Gasteiger partial charge in [0.05, 0.1) is 27.2 Å². The first kappa shape index (κ1) is 29.9. The summed E-state index contributed by atoms with van der Waals surface area (Å²) in [5, 5.41) is 0.458. The van der Waals surface area contributed by atoms with Gasteiger partial charge in [-0.05, 0) is 92.1 Å². The lowest BCUT2D eigenvalue weighted by Gasteiger charge is -2.28. The highest BCUT2D eigenvalue weighted by Gasteiger charge is 2.29. The molecular formula is C35H37N3O5. The van der Waals surface area contributed by atoms with Crippen LogP contribution in [0, 0.1) is 0 Å². The van der Waals surface area contributed by atoms with Gasteiger partial charge in [0, 0.05) is 16.9 Å². The van der Waals surface area contributed by atoms with E-state index in [1.54, 1.807) is 24.3 Å². The van der Waals surface area contributed by atoms with E-state index in [0.717, 1.165) is 23.8 Å². The average molecular weight is 580 g/mol. The first-order valence-electron chi connectivity index (χ1n) is 14.9. The number of rotatable bonds is 10. The molecule has 43 heavy (non-hydrogen) atoms. The maximum absolute atomic E-state index is 13.5. The Hall–Kier alpha value is -4.59. The molecule has 0 saturated heterocycles. The summed E-state index contributed by atoms with van der Waals surface area (Å²) in [6, 6.07) is 17.2. The first-order valence-corrected chi connectivity index (χ1v) is 14.9. The molecule has 222 valence electrons. The number of hydrogen-bond acceptors (Lipinski definition) is 5. The van der Waals surface area contributed by atoms with Crippen LogP contribution in [0.2, 0.25) is 0 Å². The van der Waals surface area contributed by atoms with E-state index in [2.05, 4.69) is 20.8 Å². The van der Waals surface area contributed by atoms with Gasteiger partial charge < -0.3 is 0 Å². The van der Waals surface area contributed by atoms with Crippen LogP contribution in [0.1, 0.15) is 72.8 Å². The predicted molar refractivity (Wildman–Crippen MR) is 173 cm³/mol. The largest absolute Gasteiger partial charge is 0.284 e. The maximum atomic E-state index is 13.5. The molecule has 3 aromatic carbocycles. The van der Waals surface area contributed by atoms with Gasteiger partial charge in [-0.2, -0.15) is 0 Å². The number of carbonyl (C=O) groups is 1. The van der Waals surface area contributed by atoms with Gasteiger partial charge in [0.1, 0.15) is 0 Å². The van der Waals surface area contributed by atoms with E-state index >= 15 is 0 Å². The quantitative estimate of drug-likeness (QED) is 0.195. The summed E-state index contributed by atoms with van der Waals surface area (Å²) in [5.74, 6) is 0. The molecule has 1 amide bonds. The third-order valence-corrected chi connectivity index (χ3v) is 9.85. The van der Waals surface area contributed by atoms with Gasteiger partial charge >= 0.3 is 0 Å². The second-order valence-corrected chi connectivity index (χ2v) is 11.8. The second-order valence-electron chi connectivity index (χ2n) is 11.8. The highest BCUT2D eigenvalue weighted by Crippen LogP contribution is 2.33. The number of hydrogen-bond donors (Lipinski definition) is 0. The fourth-order valence-electron chi connectivity index (χ4n) is 5.98. The zero-order valence-corrected chi connectivity index (χ0v) is 25.6. The van der Waals surface area contributed by atoms with Crippen molar-refractivity contribution in [2.75, 3.05) is 4.90 Å². The van der Waals surface area contributed by atoms with Gasteiger partial charge in [-0.3, -0.25) is 33.4 Å². The number of carbonyl (C=O) groups excluding carboxylic acids is 1. The van der Waals surface area contributed by atoms with Crippen molar-refractivity contribution in [3.05, 3.63) is 108 Å². The molecular weight excluding hydrogens is 542 g/mol. The number of fused-ring (bicyclic) bond motifs is 2. The third-order valence-electron chi connectivity index (χ3n) is 9.85. The predicted octanol–water partition coefficient (Wildman–Crippen LogP) is 5.81. The van der Waals surface area contributed by atoms with Gasteiger partial charge in [0.2, 0.25) is 6.41 Å². The van der Waals surface area contributed by atoms with E-state index in [-0.39, 0.29) is 27.0 Å². The second kappa shape index (κ2) is 10.9. The van der Waals surface area contributed by atoms with Crippen molar-refractivity contribution in [1.82, 2.24) is 9.13 Å². The van der Waals surface area contributed by atoms with E-state index in [4.69, 9.17) is 0 Å². The van der Waals surface area contributed by atoms with Crippen LogP contribution in [0.15, 0.2) is 79.8 Å². The van der Waals surface area contributed by atoms with Crippen molar-refractivity contribution < 1.29 is 4.79 Å². The number of benzene rings is 3. The van der Waals surface area contributed by atoms with Crippen LogP contribution in [-0.2, 0) is 15.7 Å². The lowest BCUT2D eigenvalue weighted by Crippen LogP contribution is -2.42. The SMILES string of the molecule is CCC(C)(CC)c1ccc(N(C=O)c2ccc(-n3c(=O)c4cc5c(=O)n(C(C)(CC)CC)c(=O)c5cc4c3=O)cc2)cc1. The van der Waals surface area contributed by atoms with Gasteiger partial charge in [-0.15, -0.1) is 0 Å². The molecule has 0 N–H and O–H groups in total. The van der Waals surface area contributed by atoms with Crippen molar-refractivity contribution in [2.24, 2.45) is 0 Å². The van der Waals surface area contributed by atoms with Crippen LogP contribution in [0.5, 0.6) is 0 Å². The molecule has 8 heteroatoms. The molecule has 0 bridgehead atoms. The summed E-state index contributed by atoms with van der Waals surface area (Å²) in [6.45, 7) is 12.3. The third kappa shape index (κ3) is 4.56. The minimum absolute atomic E-state index is 0.0598. The fraction of sp³-hybridized carbons (Fsp3) is 0.343. The molecule has 0 radical (unpaired) electrons. The van der Waals surface area contributed by atoms with Crippen molar-refractivity contribution in [1.29, 1.82) is 0 Å². The van der Waals surface area contributed by atoms with Crippen molar-refractivity contribution in [3.8, 4) is 5.69 Å². The lowest BCUT2D eigenvalue weighted by molar-refractivity contribution is -0.106. The molecule has 0 atom stereocenters. The molecule has 5 aromatic rings. The Morgan fingerprint density at radius 2 is 1.05 bits per heavy atom. The van der Waals surface area contributed by atoms with E-state index in [9.17, 15) is 24.0 Å². The zero-order valence-electron chi connectivity index (χ0n) is 25.6. The average Bonchev–Trinajstić information content (AvgIpc) is 3.44. The minimum Gasteiger partial charge on any atom is -0.284 e. The molecule has 5 rings (SSSR count). The van der Waals surface area contributed by atoms with Crippen LogP contribution in [0.4, 0.5) is 11.4 Å². The van der Waals surface area contributed by atoms with Crippen LogP contribution in [0.3, 0.4) is 0 Å². The first-order chi connectivity index (χ1) is 20.5. The molecule has 0 fully saturated rings. The monoisotopic (exact) mass is 579 g/mol. The Bertz CT molecular complexity index is 1960. The molecule has 2 aromatic heterocycles. The Labute approximate surface area is 249 Å². The van der Waals surface area contributed by atoms with Crippen LogP contribution in [0.25, 0.3) is 27.2 Å². The maximum Gasteiger partial charge on any atom is 0.266 e. The van der Waals surface area contributed by atoms with Crippen LogP contribution < -0.4 is 27.1 Å². The molecule has 0 aliphatic heterocycles. The van der Waals surface area contributed by atoms with Gasteiger partial charge in [-0.25, -0.2) is 4.57 Å². The summed E-state index contributed by atoms with van der Waals surface area (Å²) in [7, 11) is 0. The summed E-state index contributed by atoms with van der Waals surface area (Å²) in [6.07, 6.45) is 3.90. The Morgan fingerprint density at radius 3 is 1.44 bits per heavy atom. The van der Waals surface area contributed by atoms with Gasteiger partial charge in [-0.1, -0.05) is 46.8 Å². The van der Waals surface area contributed by atoms with Gasteiger partial charge in [0.25, 0.3) is 22.2 Å². The number of aromatic nitrogens is 2. The highest BCUT2D eigenvalue weighted by molar-refractivity contribution is 5.98. The van der Waals surface area contributed by atoms with Crippen molar-refractivity contribution >= 4 is 39.3 Å². The summed E-state index contributed by atoms with van der Waals surface area (Å²) < 4.78 is 2.30. The van der Waals surface area contributed by atoms with Crippen molar-refractivity contribution in [3.63, 3.8) is 0 Å². The standard InChI is InChI=1S/C35H37N3O5/c1-7-34(5,8-2)22-11-13-23(14-12-22)36(21-39)24-15-17-25(18-16-24)37-30(40)26-19-28-29(20-27(26)31(37)41)33(43)38(32(28)42)35(6,9-3)10-4/h11-21H,7-10H2,1-6H3. The van der Waals surface area contributed by atoms with E-state index in [1.807, 2.05) is 45.0 Å². The summed E-state index contributed by atoms with van der Waals surface area (Å²) in [5.41, 5.74) is 0.153. The molecule has 0 unspecified atom stereocenters. The number of anilines is 2. The molecule has 0 aliphatic carbocycles. The topological polar surface area (TPSA) is 98.4 Å². The summed E-state index contributed by atoms with van der Waals surface area (Å²) in [4.78, 5) is 67.2. The highest BCUT2D eigenvalue weighted by atomic mass is 16.2. The van der Waals surface area contributed by atoms with Gasteiger partial charge in [0.15, 0.2) is 0 Å². The Morgan fingerprint density at radius 1 is 0.628 bits per heavy atom. The minimum atomic E-state index is -0.664. The lowest BCUT2D eigenvalue weighted by atomic mass is 9.78.